The van der Waals surface area contributed by atoms with Gasteiger partial charge in [-0.3, -0.25) is 0 Å². The first-order chi connectivity index (χ1) is 5.44. The van der Waals surface area contributed by atoms with Crippen molar-refractivity contribution in [2.45, 2.75) is 25.1 Å². The molecular weight excluding hydrogens is 188 g/mol. The molecule has 0 aromatic carbocycles. The predicted molar refractivity (Wildman–Crippen MR) is 41.0 cm³/mol. The maximum atomic E-state index is 11.7. The van der Waals surface area contributed by atoms with E-state index in [0.717, 1.165) is 0 Å². The predicted octanol–water partition coefficient (Wildman–Crippen LogP) is 0.540. The SMILES string of the molecule is C#CC(CC)NS(=O)(=O)C(F)F. The fourth-order valence-electron chi connectivity index (χ4n) is 0.485. The Balaban J connectivity index is 4.37. The lowest BCUT2D eigenvalue weighted by molar-refractivity contribution is 0.232. The molecule has 0 bridgehead atoms. The Bertz CT molecular complexity index is 268. The summed E-state index contributed by atoms with van der Waals surface area (Å²) in [4.78, 5) is 0. The van der Waals surface area contributed by atoms with E-state index in [1.807, 2.05) is 5.92 Å². The summed E-state index contributed by atoms with van der Waals surface area (Å²) < 4.78 is 46.1. The molecule has 1 atom stereocenters. The second kappa shape index (κ2) is 4.38. The van der Waals surface area contributed by atoms with Crippen molar-refractivity contribution in [3.05, 3.63) is 0 Å². The van der Waals surface area contributed by atoms with E-state index in [-0.39, 0.29) is 6.42 Å². The van der Waals surface area contributed by atoms with Crippen molar-refractivity contribution >= 4 is 10.0 Å². The zero-order valence-corrected chi connectivity index (χ0v) is 7.24. The Kier molecular flexibility index (Phi) is 4.13. The molecule has 0 aliphatic carbocycles. The molecule has 3 nitrogen and oxygen atoms in total. The van der Waals surface area contributed by atoms with Crippen molar-refractivity contribution in [2.24, 2.45) is 0 Å². The average molecular weight is 197 g/mol. The van der Waals surface area contributed by atoms with Crippen LogP contribution in [-0.2, 0) is 10.0 Å². The van der Waals surface area contributed by atoms with Gasteiger partial charge in [-0.15, -0.1) is 6.42 Å². The topological polar surface area (TPSA) is 46.2 Å². The molecule has 12 heavy (non-hydrogen) atoms. The summed E-state index contributed by atoms with van der Waals surface area (Å²) in [6, 6.07) is -0.857. The first-order valence-corrected chi connectivity index (χ1v) is 4.74. The van der Waals surface area contributed by atoms with Crippen molar-refractivity contribution in [1.82, 2.24) is 4.72 Å². The maximum Gasteiger partial charge on any atom is 0.350 e. The quantitative estimate of drug-likeness (QED) is 0.668. The van der Waals surface area contributed by atoms with Crippen LogP contribution in [0.4, 0.5) is 8.78 Å². The number of sulfonamides is 1. The minimum atomic E-state index is -4.55. The van der Waals surface area contributed by atoms with Gasteiger partial charge in [0.25, 0.3) is 10.0 Å². The molecule has 1 N–H and O–H groups in total. The van der Waals surface area contributed by atoms with Crippen LogP contribution in [0.5, 0.6) is 0 Å². The highest BCUT2D eigenvalue weighted by Gasteiger charge is 2.25. The van der Waals surface area contributed by atoms with Gasteiger partial charge in [0.15, 0.2) is 0 Å². The van der Waals surface area contributed by atoms with Crippen LogP contribution in [0, 0.1) is 12.3 Å². The van der Waals surface area contributed by atoms with Gasteiger partial charge in [-0.25, -0.2) is 8.42 Å². The summed E-state index contributed by atoms with van der Waals surface area (Å²) >= 11 is 0. The number of rotatable bonds is 4. The number of hydrogen-bond donors (Lipinski definition) is 1. The highest BCUT2D eigenvalue weighted by atomic mass is 32.2. The lowest BCUT2D eigenvalue weighted by Gasteiger charge is -2.09. The van der Waals surface area contributed by atoms with Crippen LogP contribution in [0.3, 0.4) is 0 Å². The van der Waals surface area contributed by atoms with Gasteiger partial charge in [0, 0.05) is 0 Å². The normalized spacial score (nSPS) is 14.2. The van der Waals surface area contributed by atoms with Crippen molar-refractivity contribution in [3.63, 3.8) is 0 Å². The fourth-order valence-corrected chi connectivity index (χ4v) is 1.22. The Morgan fingerprint density at radius 1 is 1.58 bits per heavy atom. The highest BCUT2D eigenvalue weighted by Crippen LogP contribution is 2.03. The highest BCUT2D eigenvalue weighted by molar-refractivity contribution is 7.89. The largest absolute Gasteiger partial charge is 0.350 e. The van der Waals surface area contributed by atoms with Gasteiger partial charge in [-0.05, 0) is 6.42 Å². The molecule has 0 amide bonds. The van der Waals surface area contributed by atoms with Gasteiger partial charge < -0.3 is 0 Å². The lowest BCUT2D eigenvalue weighted by atomic mass is 10.3. The van der Waals surface area contributed by atoms with E-state index in [0.29, 0.717) is 0 Å². The molecule has 0 saturated heterocycles. The Morgan fingerprint density at radius 2 is 2.08 bits per heavy atom. The molecule has 0 rings (SSSR count). The number of nitrogens with one attached hydrogen (secondary N) is 1. The third kappa shape index (κ3) is 3.15. The van der Waals surface area contributed by atoms with Crippen molar-refractivity contribution in [2.75, 3.05) is 0 Å². The number of hydrogen-bond acceptors (Lipinski definition) is 2. The third-order valence-electron chi connectivity index (χ3n) is 1.15. The molecule has 0 aliphatic rings. The third-order valence-corrected chi connectivity index (χ3v) is 2.23. The van der Waals surface area contributed by atoms with Gasteiger partial charge in [0.2, 0.25) is 0 Å². The van der Waals surface area contributed by atoms with Gasteiger partial charge in [-0.2, -0.15) is 13.5 Å². The molecular formula is C6H9F2NO2S. The first kappa shape index (κ1) is 11.3. The number of halogens is 2. The Morgan fingerprint density at radius 3 is 2.33 bits per heavy atom. The van der Waals surface area contributed by atoms with Gasteiger partial charge in [-0.1, -0.05) is 12.8 Å². The minimum absolute atomic E-state index is 0.280. The molecule has 0 aromatic rings. The Labute approximate surface area is 70.2 Å². The summed E-state index contributed by atoms with van der Waals surface area (Å²) in [6.07, 6.45) is 5.15. The van der Waals surface area contributed by atoms with E-state index in [1.54, 1.807) is 11.6 Å². The molecule has 0 spiro atoms. The molecule has 70 valence electrons. The van der Waals surface area contributed by atoms with E-state index in [4.69, 9.17) is 6.42 Å². The molecule has 0 saturated carbocycles. The number of alkyl halides is 2. The van der Waals surface area contributed by atoms with Gasteiger partial charge in [0.05, 0.1) is 6.04 Å². The summed E-state index contributed by atoms with van der Waals surface area (Å²) in [5.41, 5.74) is 0. The van der Waals surface area contributed by atoms with E-state index in [2.05, 4.69) is 0 Å². The average Bonchev–Trinajstić information content (AvgIpc) is 2.00. The van der Waals surface area contributed by atoms with E-state index < -0.39 is 21.8 Å². The summed E-state index contributed by atoms with van der Waals surface area (Å²) in [6.45, 7) is 1.60. The zero-order chi connectivity index (χ0) is 9.78. The number of terminal acetylenes is 1. The second-order valence-corrected chi connectivity index (χ2v) is 3.73. The van der Waals surface area contributed by atoms with Crippen LogP contribution in [-0.4, -0.2) is 20.2 Å². The van der Waals surface area contributed by atoms with Crippen LogP contribution in [0.2, 0.25) is 0 Å². The Hall–Kier alpha value is -0.670. The molecule has 6 heteroatoms. The van der Waals surface area contributed by atoms with Crippen LogP contribution in [0.1, 0.15) is 13.3 Å². The zero-order valence-electron chi connectivity index (χ0n) is 6.42. The van der Waals surface area contributed by atoms with E-state index in [1.165, 1.54) is 0 Å². The van der Waals surface area contributed by atoms with E-state index >= 15 is 0 Å². The molecule has 0 heterocycles. The summed E-state index contributed by atoms with van der Waals surface area (Å²) in [5.74, 6) is -1.39. The molecule has 0 aliphatic heterocycles. The minimum Gasteiger partial charge on any atom is -0.206 e. The summed E-state index contributed by atoms with van der Waals surface area (Å²) in [7, 11) is -4.55. The van der Waals surface area contributed by atoms with Crippen molar-refractivity contribution in [3.8, 4) is 12.3 Å². The maximum absolute atomic E-state index is 11.7. The second-order valence-electron chi connectivity index (χ2n) is 2.05. The standard InChI is InChI=1S/C6H9F2NO2S/c1-3-5(4-2)9-12(10,11)6(7)8/h1,5-6,9H,4H2,2H3. The fraction of sp³-hybridized carbons (Fsp3) is 0.667. The molecule has 0 radical (unpaired) electrons. The monoisotopic (exact) mass is 197 g/mol. The van der Waals surface area contributed by atoms with Crippen LogP contribution >= 0.6 is 0 Å². The smallest absolute Gasteiger partial charge is 0.206 e. The lowest BCUT2D eigenvalue weighted by Crippen LogP contribution is -2.36. The van der Waals surface area contributed by atoms with Crippen LogP contribution < -0.4 is 4.72 Å². The molecule has 0 aromatic heterocycles. The van der Waals surface area contributed by atoms with Crippen molar-refractivity contribution in [1.29, 1.82) is 0 Å². The first-order valence-electron chi connectivity index (χ1n) is 3.19. The van der Waals surface area contributed by atoms with Gasteiger partial charge >= 0.3 is 5.76 Å². The van der Waals surface area contributed by atoms with Crippen molar-refractivity contribution < 1.29 is 17.2 Å². The molecule has 0 fully saturated rings. The summed E-state index contributed by atoms with van der Waals surface area (Å²) in [5, 5.41) is 0. The van der Waals surface area contributed by atoms with Crippen LogP contribution in [0.25, 0.3) is 0 Å². The van der Waals surface area contributed by atoms with Gasteiger partial charge in [0.1, 0.15) is 0 Å². The molecule has 1 unspecified atom stereocenters. The van der Waals surface area contributed by atoms with E-state index in [9.17, 15) is 17.2 Å². The van der Waals surface area contributed by atoms with Crippen LogP contribution in [0.15, 0.2) is 0 Å².